The molecule has 1 aromatic rings. The third-order valence-electron chi connectivity index (χ3n) is 3.74. The highest BCUT2D eigenvalue weighted by Gasteiger charge is 2.19. The van der Waals surface area contributed by atoms with Gasteiger partial charge in [-0.25, -0.2) is 4.98 Å². The molecule has 5 nitrogen and oxygen atoms in total. The Bertz CT molecular complexity index is 418. The molecule has 2 rings (SSSR count). The molecule has 0 unspecified atom stereocenters. The number of nitrogens with one attached hydrogen (secondary N) is 1. The van der Waals surface area contributed by atoms with Crippen LogP contribution in [0.4, 0.5) is 5.95 Å². The zero-order valence-corrected chi connectivity index (χ0v) is 12.9. The lowest BCUT2D eigenvalue weighted by molar-refractivity contribution is 0.369. The van der Waals surface area contributed by atoms with Crippen molar-refractivity contribution < 1.29 is 4.74 Å². The molecule has 20 heavy (non-hydrogen) atoms. The fraction of sp³-hybridized carbons (Fsp3) is 0.733. The van der Waals surface area contributed by atoms with Gasteiger partial charge in [0.1, 0.15) is 0 Å². The molecule has 0 aliphatic carbocycles. The number of ether oxygens (including phenoxy) is 1. The van der Waals surface area contributed by atoms with Crippen molar-refractivity contribution in [3.63, 3.8) is 0 Å². The van der Waals surface area contributed by atoms with Gasteiger partial charge in [-0.1, -0.05) is 6.92 Å². The predicted molar refractivity (Wildman–Crippen MR) is 81.4 cm³/mol. The van der Waals surface area contributed by atoms with Gasteiger partial charge < -0.3 is 15.0 Å². The van der Waals surface area contributed by atoms with Gasteiger partial charge >= 0.3 is 0 Å². The van der Waals surface area contributed by atoms with Crippen LogP contribution in [-0.2, 0) is 0 Å². The van der Waals surface area contributed by atoms with Crippen LogP contribution >= 0.6 is 0 Å². The first-order chi connectivity index (χ1) is 9.72. The van der Waals surface area contributed by atoms with Crippen LogP contribution in [0.1, 0.15) is 31.9 Å². The summed E-state index contributed by atoms with van der Waals surface area (Å²) in [4.78, 5) is 11.4. The Morgan fingerprint density at radius 1 is 1.35 bits per heavy atom. The molecule has 1 N–H and O–H groups in total. The first kappa shape index (κ1) is 15.0. The maximum absolute atomic E-state index is 5.27. The first-order valence-electron chi connectivity index (χ1n) is 7.58. The molecule has 1 aliphatic rings. The highest BCUT2D eigenvalue weighted by atomic mass is 16.5. The molecule has 0 bridgehead atoms. The second kappa shape index (κ2) is 7.43. The van der Waals surface area contributed by atoms with E-state index in [1.165, 1.54) is 12.8 Å². The molecule has 0 radical (unpaired) electrons. The van der Waals surface area contributed by atoms with E-state index in [1.54, 1.807) is 7.11 Å². The predicted octanol–water partition coefficient (Wildman–Crippen LogP) is 2.01. The lowest BCUT2D eigenvalue weighted by Crippen LogP contribution is -2.37. The molecule has 1 aromatic heterocycles. The van der Waals surface area contributed by atoms with Gasteiger partial charge in [-0.3, -0.25) is 0 Å². The summed E-state index contributed by atoms with van der Waals surface area (Å²) in [6.45, 7) is 8.48. The SMILES string of the molecule is CCCN(CC1CCNCC1)c1nc(C)cc(OC)n1. The zero-order chi connectivity index (χ0) is 14.4. The molecule has 0 aromatic carbocycles. The van der Waals surface area contributed by atoms with E-state index in [2.05, 4.69) is 27.1 Å². The number of hydrogen-bond donors (Lipinski definition) is 1. The standard InChI is InChI=1S/C15H26N4O/c1-4-9-19(11-13-5-7-16-8-6-13)15-17-12(2)10-14(18-15)20-3/h10,13,16H,4-9,11H2,1-3H3. The van der Waals surface area contributed by atoms with Crippen LogP contribution in [0.25, 0.3) is 0 Å². The summed E-state index contributed by atoms with van der Waals surface area (Å²) >= 11 is 0. The number of hydrogen-bond acceptors (Lipinski definition) is 5. The van der Waals surface area contributed by atoms with Gasteiger partial charge in [-0.05, 0) is 45.2 Å². The quantitative estimate of drug-likeness (QED) is 0.862. The Labute approximate surface area is 121 Å². The Morgan fingerprint density at radius 3 is 2.75 bits per heavy atom. The van der Waals surface area contributed by atoms with E-state index < -0.39 is 0 Å². The van der Waals surface area contributed by atoms with Gasteiger partial charge in [0.25, 0.3) is 0 Å². The molecule has 2 heterocycles. The largest absolute Gasteiger partial charge is 0.481 e. The smallest absolute Gasteiger partial charge is 0.228 e. The minimum absolute atomic E-state index is 0.652. The van der Waals surface area contributed by atoms with Crippen LogP contribution in [0.5, 0.6) is 5.88 Å². The van der Waals surface area contributed by atoms with Gasteiger partial charge in [-0.2, -0.15) is 4.98 Å². The molecule has 5 heteroatoms. The van der Waals surface area contributed by atoms with Gasteiger partial charge in [0, 0.05) is 24.8 Å². The fourth-order valence-electron chi connectivity index (χ4n) is 2.69. The van der Waals surface area contributed by atoms with Gasteiger partial charge in [0.2, 0.25) is 11.8 Å². The lowest BCUT2D eigenvalue weighted by atomic mass is 9.97. The van der Waals surface area contributed by atoms with E-state index in [0.717, 1.165) is 50.2 Å². The molecule has 112 valence electrons. The van der Waals surface area contributed by atoms with Crippen molar-refractivity contribution in [2.75, 3.05) is 38.2 Å². The molecule has 1 aliphatic heterocycles. The minimum atomic E-state index is 0.652. The Balaban J connectivity index is 2.12. The van der Waals surface area contributed by atoms with E-state index in [0.29, 0.717) is 5.88 Å². The van der Waals surface area contributed by atoms with Crippen LogP contribution < -0.4 is 15.0 Å². The summed E-state index contributed by atoms with van der Waals surface area (Å²) in [6, 6.07) is 1.87. The maximum Gasteiger partial charge on any atom is 0.228 e. The average molecular weight is 278 g/mol. The number of aryl methyl sites for hydroxylation is 1. The summed E-state index contributed by atoms with van der Waals surface area (Å²) < 4.78 is 5.27. The summed E-state index contributed by atoms with van der Waals surface area (Å²) in [6.07, 6.45) is 3.58. The van der Waals surface area contributed by atoms with Gasteiger partial charge in [0.05, 0.1) is 7.11 Å². The Kier molecular flexibility index (Phi) is 5.59. The molecule has 0 saturated carbocycles. The van der Waals surface area contributed by atoms with E-state index in [4.69, 9.17) is 4.74 Å². The second-order valence-electron chi connectivity index (χ2n) is 5.49. The molecule has 1 saturated heterocycles. The van der Waals surface area contributed by atoms with Gasteiger partial charge in [-0.15, -0.1) is 0 Å². The highest BCUT2D eigenvalue weighted by molar-refractivity contribution is 5.34. The maximum atomic E-state index is 5.27. The Hall–Kier alpha value is -1.36. The van der Waals surface area contributed by atoms with Gasteiger partial charge in [0.15, 0.2) is 0 Å². The lowest BCUT2D eigenvalue weighted by Gasteiger charge is -2.30. The van der Waals surface area contributed by atoms with Crippen LogP contribution in [0.3, 0.4) is 0 Å². The molecular weight excluding hydrogens is 252 g/mol. The van der Waals surface area contributed by atoms with Crippen molar-refractivity contribution in [1.82, 2.24) is 15.3 Å². The average Bonchev–Trinajstić information content (AvgIpc) is 2.47. The number of nitrogens with zero attached hydrogens (tertiary/aromatic N) is 3. The summed E-state index contributed by atoms with van der Waals surface area (Å²) in [5, 5.41) is 3.42. The monoisotopic (exact) mass is 278 g/mol. The van der Waals surface area contributed by atoms with Crippen LogP contribution in [0, 0.1) is 12.8 Å². The molecular formula is C15H26N4O. The van der Waals surface area contributed by atoms with Crippen molar-refractivity contribution in [2.24, 2.45) is 5.92 Å². The van der Waals surface area contributed by atoms with Crippen LogP contribution in [-0.4, -0.2) is 43.3 Å². The third-order valence-corrected chi connectivity index (χ3v) is 3.74. The van der Waals surface area contributed by atoms with Crippen molar-refractivity contribution in [3.05, 3.63) is 11.8 Å². The van der Waals surface area contributed by atoms with Crippen molar-refractivity contribution in [1.29, 1.82) is 0 Å². The van der Waals surface area contributed by atoms with E-state index >= 15 is 0 Å². The second-order valence-corrected chi connectivity index (χ2v) is 5.49. The van der Waals surface area contributed by atoms with E-state index in [-0.39, 0.29) is 0 Å². The summed E-state index contributed by atoms with van der Waals surface area (Å²) in [5.41, 5.74) is 0.957. The fourth-order valence-corrected chi connectivity index (χ4v) is 2.69. The number of anilines is 1. The third kappa shape index (κ3) is 4.07. The van der Waals surface area contributed by atoms with Crippen molar-refractivity contribution in [2.45, 2.75) is 33.1 Å². The zero-order valence-electron chi connectivity index (χ0n) is 12.9. The Morgan fingerprint density at radius 2 is 2.10 bits per heavy atom. The molecule has 0 spiro atoms. The topological polar surface area (TPSA) is 50.3 Å². The minimum Gasteiger partial charge on any atom is -0.481 e. The highest BCUT2D eigenvalue weighted by Crippen LogP contribution is 2.20. The molecule has 0 amide bonds. The number of aromatic nitrogens is 2. The number of rotatable bonds is 6. The van der Waals surface area contributed by atoms with Crippen molar-refractivity contribution in [3.8, 4) is 5.88 Å². The van der Waals surface area contributed by atoms with E-state index in [1.807, 2.05) is 13.0 Å². The van der Waals surface area contributed by atoms with Crippen LogP contribution in [0.2, 0.25) is 0 Å². The molecule has 1 fully saturated rings. The normalized spacial score (nSPS) is 16.1. The summed E-state index contributed by atoms with van der Waals surface area (Å²) in [5.74, 6) is 2.19. The van der Waals surface area contributed by atoms with E-state index in [9.17, 15) is 0 Å². The number of methoxy groups -OCH3 is 1. The summed E-state index contributed by atoms with van der Waals surface area (Å²) in [7, 11) is 1.66. The van der Waals surface area contributed by atoms with Crippen LogP contribution in [0.15, 0.2) is 6.07 Å². The molecule has 0 atom stereocenters. The first-order valence-corrected chi connectivity index (χ1v) is 7.58. The van der Waals surface area contributed by atoms with Crippen molar-refractivity contribution >= 4 is 5.95 Å². The number of piperidine rings is 1.